The number of aromatic nitrogens is 4. The zero-order chi connectivity index (χ0) is 59.6. The van der Waals surface area contributed by atoms with E-state index in [2.05, 4.69) is 9.88 Å². The molecule has 5 aromatic carbocycles. The quantitative estimate of drug-likeness (QED) is 0.0673. The first-order valence-electron chi connectivity index (χ1n) is 27.2. The number of alkyl halides is 5. The highest BCUT2D eigenvalue weighted by molar-refractivity contribution is 6.36. The molecule has 0 N–H and O–H groups in total. The average Bonchev–Trinajstić information content (AvgIpc) is 1.46. The van der Waals surface area contributed by atoms with Gasteiger partial charge in [-0.2, -0.15) is 23.1 Å². The number of likely N-dealkylation sites (tertiary alicyclic amines) is 1. The van der Waals surface area contributed by atoms with Crippen LogP contribution in [0, 0.1) is 12.7 Å². The van der Waals surface area contributed by atoms with Crippen LogP contribution in [0.4, 0.5) is 43.8 Å². The number of nitrogens with zero attached hydrogens (tertiary/aromatic N) is 8. The van der Waals surface area contributed by atoms with Crippen molar-refractivity contribution in [2.24, 2.45) is 0 Å². The molecular formula is C63H63ClF6N8O6. The fraction of sp³-hybridized carbons (Fsp3) is 0.333. The predicted octanol–water partition coefficient (Wildman–Crippen LogP) is 13.7. The number of likely N-dealkylation sites (N-methyl/N-ethyl adjacent to an activating group) is 1. The van der Waals surface area contributed by atoms with Crippen LogP contribution in [0.3, 0.4) is 0 Å². The number of hydrogen-bond donors (Lipinski definition) is 0. The summed E-state index contributed by atoms with van der Waals surface area (Å²) < 4.78 is 130. The van der Waals surface area contributed by atoms with E-state index in [0.717, 1.165) is 22.3 Å². The van der Waals surface area contributed by atoms with Crippen LogP contribution in [0.1, 0.15) is 65.3 Å². The SMILES string of the molecule is COc1ccc(CN(Cc2ccc(OC)cc2)c2cc(C)c(C(F)(F)F)c(-c3c(Cl)c4c5c(nc(OC(C)[C@@H]6CC(F)(F)CN6C)nc5c3F)N([C@H](C)c3cccnc3N(Cc3ccc(OC)cc3)Cc3ccc(OC)cc3)CCO4)n2)cc1. The first kappa shape index (κ1) is 58.9. The minimum absolute atomic E-state index is 0.0593. The monoisotopic (exact) mass is 1180 g/mol. The van der Waals surface area contributed by atoms with Crippen molar-refractivity contribution < 1.29 is 54.8 Å². The number of halogens is 7. The summed E-state index contributed by atoms with van der Waals surface area (Å²) >= 11 is 7.36. The maximum atomic E-state index is 18.6. The highest BCUT2D eigenvalue weighted by atomic mass is 35.5. The number of pyridine rings is 2. The minimum atomic E-state index is -5.08. The fourth-order valence-corrected chi connectivity index (χ4v) is 11.4. The second-order valence-corrected chi connectivity index (χ2v) is 21.4. The molecule has 2 aliphatic heterocycles. The van der Waals surface area contributed by atoms with Crippen molar-refractivity contribution in [3.63, 3.8) is 0 Å². The molecule has 1 fully saturated rings. The first-order chi connectivity index (χ1) is 40.3. The van der Waals surface area contributed by atoms with Gasteiger partial charge < -0.3 is 43.1 Å². The molecule has 0 saturated carbocycles. The lowest BCUT2D eigenvalue weighted by molar-refractivity contribution is -0.137. The summed E-state index contributed by atoms with van der Waals surface area (Å²) in [6.07, 6.45) is -4.91. The maximum Gasteiger partial charge on any atom is 0.418 e. The second kappa shape index (κ2) is 24.5. The molecule has 21 heteroatoms. The van der Waals surface area contributed by atoms with E-state index in [-0.39, 0.29) is 54.6 Å². The van der Waals surface area contributed by atoms with Crippen molar-refractivity contribution in [1.82, 2.24) is 24.8 Å². The molecule has 8 aromatic rings. The lowest BCUT2D eigenvalue weighted by atomic mass is 9.98. The van der Waals surface area contributed by atoms with Crippen LogP contribution in [-0.2, 0) is 32.4 Å². The molecule has 0 bridgehead atoms. The van der Waals surface area contributed by atoms with Crippen molar-refractivity contribution in [2.45, 2.75) is 83.7 Å². The summed E-state index contributed by atoms with van der Waals surface area (Å²) in [4.78, 5) is 26.5. The smallest absolute Gasteiger partial charge is 0.418 e. The molecule has 440 valence electrons. The topological polar surface area (TPSA) is 120 Å². The lowest BCUT2D eigenvalue weighted by Crippen LogP contribution is -2.38. The summed E-state index contributed by atoms with van der Waals surface area (Å²) in [5.41, 5.74) is 0.617. The van der Waals surface area contributed by atoms with Crippen LogP contribution in [0.5, 0.6) is 34.8 Å². The van der Waals surface area contributed by atoms with Crippen LogP contribution in [0.15, 0.2) is 121 Å². The average molecular weight is 1180 g/mol. The van der Waals surface area contributed by atoms with E-state index >= 15 is 17.6 Å². The van der Waals surface area contributed by atoms with Crippen molar-refractivity contribution >= 4 is 40.0 Å². The standard InChI is InChI=1S/C63H63ClF6N8O6/c1-37-30-50(76(32-40-11-19-44(79-5)20-12-40)33-41-13-21-45(80-6)22-14-41)72-56(53(37)63(68,69)70)51-54(64)58-52-57(55(51)65)73-61(84-39(3)49-31-62(66,67)36-75(49)4)74-60(52)78(28-29-83-58)38(2)48-10-9-27-71-59(48)77(34-42-15-23-46(81-7)24-16-42)35-43-17-25-47(82-8)26-18-43/h9-27,30,38-39,49H,28-29,31-36H2,1-8H3/t38-,39?,49+/m1/s1. The highest BCUT2D eigenvalue weighted by Crippen LogP contribution is 2.52. The van der Waals surface area contributed by atoms with E-state index in [9.17, 15) is 8.78 Å². The van der Waals surface area contributed by atoms with Crippen molar-refractivity contribution in [3.8, 4) is 46.0 Å². The molecule has 0 aliphatic carbocycles. The van der Waals surface area contributed by atoms with Gasteiger partial charge in [-0.25, -0.2) is 23.1 Å². The largest absolute Gasteiger partial charge is 0.497 e. The fourth-order valence-electron chi connectivity index (χ4n) is 11.1. The van der Waals surface area contributed by atoms with Crippen LogP contribution < -0.4 is 43.1 Å². The number of aryl methyl sites for hydroxylation is 1. The zero-order valence-corrected chi connectivity index (χ0v) is 48.4. The Balaban J connectivity index is 1.14. The Morgan fingerprint density at radius 3 is 1.73 bits per heavy atom. The first-order valence-corrected chi connectivity index (χ1v) is 27.6. The molecular weight excluding hydrogens is 1110 g/mol. The van der Waals surface area contributed by atoms with E-state index in [0.29, 0.717) is 47.5 Å². The van der Waals surface area contributed by atoms with E-state index in [1.54, 1.807) is 83.8 Å². The van der Waals surface area contributed by atoms with Crippen LogP contribution >= 0.6 is 11.6 Å². The van der Waals surface area contributed by atoms with Crippen molar-refractivity contribution in [1.29, 1.82) is 0 Å². The Morgan fingerprint density at radius 2 is 1.25 bits per heavy atom. The predicted molar refractivity (Wildman–Crippen MR) is 311 cm³/mol. The summed E-state index contributed by atoms with van der Waals surface area (Å²) in [5, 5.41) is -0.564. The third kappa shape index (κ3) is 12.5. The van der Waals surface area contributed by atoms with E-state index in [1.165, 1.54) is 17.9 Å². The third-order valence-electron chi connectivity index (χ3n) is 15.4. The highest BCUT2D eigenvalue weighted by Gasteiger charge is 2.47. The number of rotatable bonds is 20. The Kier molecular flexibility index (Phi) is 17.2. The molecule has 0 amide bonds. The molecule has 0 radical (unpaired) electrons. The van der Waals surface area contributed by atoms with E-state index in [4.69, 9.17) is 55.0 Å². The van der Waals surface area contributed by atoms with Gasteiger partial charge in [0.2, 0.25) is 0 Å². The molecule has 1 saturated heterocycles. The number of benzene rings is 5. The van der Waals surface area contributed by atoms with Crippen LogP contribution in [0.2, 0.25) is 5.02 Å². The van der Waals surface area contributed by atoms with Gasteiger partial charge in [-0.1, -0.05) is 66.2 Å². The number of ether oxygens (including phenoxy) is 6. The molecule has 14 nitrogen and oxygen atoms in total. The van der Waals surface area contributed by atoms with Gasteiger partial charge in [0.05, 0.1) is 80.8 Å². The van der Waals surface area contributed by atoms with Gasteiger partial charge in [0, 0.05) is 44.4 Å². The Bertz CT molecular complexity index is 3520. The van der Waals surface area contributed by atoms with Crippen molar-refractivity contribution in [2.75, 3.05) is 69.9 Å². The Morgan fingerprint density at radius 1 is 0.738 bits per heavy atom. The van der Waals surface area contributed by atoms with Gasteiger partial charge >= 0.3 is 12.2 Å². The lowest BCUT2D eigenvalue weighted by Gasteiger charge is -2.34. The summed E-state index contributed by atoms with van der Waals surface area (Å²) in [5.74, 6) is -1.18. The summed E-state index contributed by atoms with van der Waals surface area (Å²) in [6.45, 7) is 5.33. The number of methoxy groups -OCH3 is 4. The van der Waals surface area contributed by atoms with Gasteiger partial charge in [-0.05, 0) is 116 Å². The van der Waals surface area contributed by atoms with Gasteiger partial charge in [0.1, 0.15) is 58.7 Å². The molecule has 3 atom stereocenters. The Hall–Kier alpha value is -8.23. The molecule has 84 heavy (non-hydrogen) atoms. The molecule has 2 aliphatic rings. The van der Waals surface area contributed by atoms with Gasteiger partial charge in [-0.15, -0.1) is 0 Å². The normalized spacial score (nSPS) is 15.7. The third-order valence-corrected chi connectivity index (χ3v) is 15.8. The molecule has 10 rings (SSSR count). The second-order valence-electron chi connectivity index (χ2n) is 21.0. The van der Waals surface area contributed by atoms with Crippen LogP contribution in [0.25, 0.3) is 22.2 Å². The zero-order valence-electron chi connectivity index (χ0n) is 47.6. The molecule has 5 heterocycles. The molecule has 0 spiro atoms. The summed E-state index contributed by atoms with van der Waals surface area (Å²) in [6, 6.07) is 33.0. The number of anilines is 3. The van der Waals surface area contributed by atoms with E-state index in [1.807, 2.05) is 90.7 Å². The Labute approximate surface area is 488 Å². The minimum Gasteiger partial charge on any atom is -0.497 e. The number of hydrogen-bond acceptors (Lipinski definition) is 14. The van der Waals surface area contributed by atoms with Crippen LogP contribution in [-0.4, -0.2) is 98.1 Å². The van der Waals surface area contributed by atoms with Gasteiger partial charge in [0.15, 0.2) is 11.6 Å². The summed E-state index contributed by atoms with van der Waals surface area (Å²) in [7, 11) is 7.83. The van der Waals surface area contributed by atoms with Gasteiger partial charge in [0.25, 0.3) is 5.92 Å². The molecule has 1 unspecified atom stereocenters. The molecule has 3 aromatic heterocycles. The van der Waals surface area contributed by atoms with Gasteiger partial charge in [-0.3, -0.25) is 4.90 Å². The maximum absolute atomic E-state index is 18.6. The van der Waals surface area contributed by atoms with E-state index < -0.39 is 82.4 Å². The van der Waals surface area contributed by atoms with Crippen molar-refractivity contribution in [3.05, 3.63) is 171 Å².